The Kier molecular flexibility index (Phi) is 4.20. The molecule has 1 saturated heterocycles. The van der Waals surface area contributed by atoms with Gasteiger partial charge in [0.05, 0.1) is 11.7 Å². The predicted octanol–water partition coefficient (Wildman–Crippen LogP) is 2.11. The van der Waals surface area contributed by atoms with Gasteiger partial charge in [-0.3, -0.25) is 4.79 Å². The summed E-state index contributed by atoms with van der Waals surface area (Å²) < 4.78 is 0. The lowest BCUT2D eigenvalue weighted by Gasteiger charge is -2.28. The molecular formula is C14H20N2O2. The molecule has 1 aromatic carbocycles. The van der Waals surface area contributed by atoms with E-state index in [0.717, 1.165) is 25.8 Å². The van der Waals surface area contributed by atoms with Crippen molar-refractivity contribution in [2.24, 2.45) is 5.92 Å². The van der Waals surface area contributed by atoms with Crippen LogP contribution in [0.5, 0.6) is 5.75 Å². The molecule has 4 nitrogen and oxygen atoms in total. The first-order valence-corrected chi connectivity index (χ1v) is 6.53. The van der Waals surface area contributed by atoms with Gasteiger partial charge in [0.2, 0.25) is 5.91 Å². The number of para-hydroxylation sites is 2. The topological polar surface area (TPSA) is 61.4 Å². The number of phenols is 1. The Hall–Kier alpha value is -1.55. The number of phenolic OH excluding ortho intramolecular Hbond substituents is 1. The highest BCUT2D eigenvalue weighted by Crippen LogP contribution is 2.24. The molecule has 1 heterocycles. The third-order valence-electron chi connectivity index (χ3n) is 3.57. The molecule has 0 spiro atoms. The molecule has 1 amide bonds. The molecule has 18 heavy (non-hydrogen) atoms. The monoisotopic (exact) mass is 248 g/mol. The van der Waals surface area contributed by atoms with Gasteiger partial charge in [0.15, 0.2) is 0 Å². The van der Waals surface area contributed by atoms with Crippen LogP contribution in [0.1, 0.15) is 26.2 Å². The van der Waals surface area contributed by atoms with Crippen LogP contribution in [0.15, 0.2) is 24.3 Å². The van der Waals surface area contributed by atoms with Crippen molar-refractivity contribution in [1.82, 2.24) is 5.32 Å². The minimum absolute atomic E-state index is 0.0605. The zero-order valence-corrected chi connectivity index (χ0v) is 10.6. The summed E-state index contributed by atoms with van der Waals surface area (Å²) in [5.41, 5.74) is 0.475. The van der Waals surface area contributed by atoms with Crippen LogP contribution in [0.4, 0.5) is 5.69 Å². The maximum Gasteiger partial charge on any atom is 0.241 e. The van der Waals surface area contributed by atoms with Crippen molar-refractivity contribution in [2.45, 2.75) is 32.2 Å². The minimum atomic E-state index is -0.150. The first kappa shape index (κ1) is 12.9. The zero-order valence-electron chi connectivity index (χ0n) is 10.6. The van der Waals surface area contributed by atoms with Crippen LogP contribution in [0, 0.1) is 5.92 Å². The summed E-state index contributed by atoms with van der Waals surface area (Å²) in [6.07, 6.45) is 3.12. The molecule has 1 fully saturated rings. The van der Waals surface area contributed by atoms with E-state index in [1.807, 2.05) is 0 Å². The average molecular weight is 248 g/mol. The fourth-order valence-corrected chi connectivity index (χ4v) is 2.37. The van der Waals surface area contributed by atoms with Crippen molar-refractivity contribution < 1.29 is 9.90 Å². The van der Waals surface area contributed by atoms with Gasteiger partial charge in [0, 0.05) is 0 Å². The normalized spacial score (nSPS) is 23.6. The van der Waals surface area contributed by atoms with Gasteiger partial charge in [-0.2, -0.15) is 0 Å². The quantitative estimate of drug-likeness (QED) is 0.718. The zero-order chi connectivity index (χ0) is 13.0. The van der Waals surface area contributed by atoms with Crippen molar-refractivity contribution in [3.05, 3.63) is 24.3 Å². The second-order valence-electron chi connectivity index (χ2n) is 4.81. The van der Waals surface area contributed by atoms with E-state index < -0.39 is 0 Å². The number of anilines is 1. The summed E-state index contributed by atoms with van der Waals surface area (Å²) in [4.78, 5) is 12.1. The fourth-order valence-electron chi connectivity index (χ4n) is 2.37. The molecule has 4 heteroatoms. The number of rotatable bonds is 3. The van der Waals surface area contributed by atoms with Gasteiger partial charge in [0.1, 0.15) is 5.75 Å². The van der Waals surface area contributed by atoms with Crippen LogP contribution in [0.25, 0.3) is 0 Å². The minimum Gasteiger partial charge on any atom is -0.506 e. The van der Waals surface area contributed by atoms with Crippen molar-refractivity contribution in [2.75, 3.05) is 11.9 Å². The standard InChI is InChI=1S/C14H20N2O2/c1-2-10-7-8-15-12(9-10)14(18)16-11-5-3-4-6-13(11)17/h3-6,10,12,15,17H,2,7-9H2,1H3,(H,16,18). The van der Waals surface area contributed by atoms with Crippen LogP contribution in [-0.4, -0.2) is 23.6 Å². The van der Waals surface area contributed by atoms with Crippen molar-refractivity contribution in [3.63, 3.8) is 0 Å². The fraction of sp³-hybridized carbons (Fsp3) is 0.500. The molecule has 1 aliphatic rings. The number of hydrogen-bond acceptors (Lipinski definition) is 3. The SMILES string of the molecule is CCC1CCNC(C(=O)Nc2ccccc2O)C1. The van der Waals surface area contributed by atoms with Crippen LogP contribution in [0.2, 0.25) is 0 Å². The summed E-state index contributed by atoms with van der Waals surface area (Å²) >= 11 is 0. The maximum absolute atomic E-state index is 12.1. The highest BCUT2D eigenvalue weighted by atomic mass is 16.3. The van der Waals surface area contributed by atoms with Crippen LogP contribution >= 0.6 is 0 Å². The molecule has 98 valence electrons. The first-order chi connectivity index (χ1) is 8.70. The van der Waals surface area contributed by atoms with Crippen molar-refractivity contribution in [1.29, 1.82) is 0 Å². The van der Waals surface area contributed by atoms with Gasteiger partial charge in [-0.05, 0) is 37.4 Å². The number of carbonyl (C=O) groups excluding carboxylic acids is 1. The summed E-state index contributed by atoms with van der Waals surface area (Å²) in [6, 6.07) is 6.64. The molecule has 0 aliphatic carbocycles. The molecule has 0 saturated carbocycles. The lowest BCUT2D eigenvalue weighted by Crippen LogP contribution is -2.46. The molecule has 1 aromatic rings. The summed E-state index contributed by atoms with van der Waals surface area (Å²) in [6.45, 7) is 3.05. The van der Waals surface area contributed by atoms with Crippen molar-refractivity contribution >= 4 is 11.6 Å². The van der Waals surface area contributed by atoms with E-state index in [9.17, 15) is 9.90 Å². The number of piperidine rings is 1. The summed E-state index contributed by atoms with van der Waals surface area (Å²) in [5.74, 6) is 0.662. The molecule has 3 N–H and O–H groups in total. The Bertz CT molecular complexity index is 420. The second kappa shape index (κ2) is 5.87. The molecular weight excluding hydrogens is 228 g/mol. The van der Waals surface area contributed by atoms with Crippen LogP contribution < -0.4 is 10.6 Å². The number of aromatic hydroxyl groups is 1. The van der Waals surface area contributed by atoms with Gasteiger partial charge < -0.3 is 15.7 Å². The first-order valence-electron chi connectivity index (χ1n) is 6.53. The Morgan fingerprint density at radius 2 is 2.28 bits per heavy atom. The third kappa shape index (κ3) is 3.01. The highest BCUT2D eigenvalue weighted by molar-refractivity contribution is 5.96. The van der Waals surface area contributed by atoms with Crippen LogP contribution in [0.3, 0.4) is 0 Å². The molecule has 0 radical (unpaired) electrons. The average Bonchev–Trinajstić information content (AvgIpc) is 2.41. The summed E-state index contributed by atoms with van der Waals surface area (Å²) in [7, 11) is 0. The molecule has 0 aromatic heterocycles. The second-order valence-corrected chi connectivity index (χ2v) is 4.81. The van der Waals surface area contributed by atoms with Gasteiger partial charge in [-0.1, -0.05) is 25.5 Å². The Balaban J connectivity index is 1.97. The van der Waals surface area contributed by atoms with Gasteiger partial charge >= 0.3 is 0 Å². The van der Waals surface area contributed by atoms with E-state index in [0.29, 0.717) is 11.6 Å². The van der Waals surface area contributed by atoms with Crippen LogP contribution in [-0.2, 0) is 4.79 Å². The number of nitrogens with one attached hydrogen (secondary N) is 2. The van der Waals surface area contributed by atoms with E-state index in [-0.39, 0.29) is 17.7 Å². The van der Waals surface area contributed by atoms with E-state index >= 15 is 0 Å². The molecule has 1 aliphatic heterocycles. The molecule has 2 unspecified atom stereocenters. The van der Waals surface area contributed by atoms with E-state index in [1.165, 1.54) is 0 Å². The van der Waals surface area contributed by atoms with Gasteiger partial charge in [-0.25, -0.2) is 0 Å². The Labute approximate surface area is 107 Å². The number of benzene rings is 1. The van der Waals surface area contributed by atoms with Gasteiger partial charge in [-0.15, -0.1) is 0 Å². The lowest BCUT2D eigenvalue weighted by molar-refractivity contribution is -0.119. The van der Waals surface area contributed by atoms with E-state index in [2.05, 4.69) is 17.6 Å². The lowest BCUT2D eigenvalue weighted by atomic mass is 9.90. The largest absolute Gasteiger partial charge is 0.506 e. The number of hydrogen-bond donors (Lipinski definition) is 3. The molecule has 2 rings (SSSR count). The van der Waals surface area contributed by atoms with Crippen molar-refractivity contribution in [3.8, 4) is 5.75 Å². The molecule has 0 bridgehead atoms. The summed E-state index contributed by atoms with van der Waals surface area (Å²) in [5, 5.41) is 15.6. The smallest absolute Gasteiger partial charge is 0.241 e. The van der Waals surface area contributed by atoms with E-state index in [1.54, 1.807) is 24.3 Å². The third-order valence-corrected chi connectivity index (χ3v) is 3.57. The predicted molar refractivity (Wildman–Crippen MR) is 71.5 cm³/mol. The Morgan fingerprint density at radius 3 is 3.00 bits per heavy atom. The Morgan fingerprint density at radius 1 is 1.50 bits per heavy atom. The maximum atomic E-state index is 12.1. The number of amides is 1. The van der Waals surface area contributed by atoms with E-state index in [4.69, 9.17) is 0 Å². The number of carbonyl (C=O) groups is 1. The molecule has 2 atom stereocenters. The highest BCUT2D eigenvalue weighted by Gasteiger charge is 2.26. The van der Waals surface area contributed by atoms with Gasteiger partial charge in [0.25, 0.3) is 0 Å².